The van der Waals surface area contributed by atoms with Gasteiger partial charge in [0, 0.05) is 0 Å². The Kier molecular flexibility index (Phi) is 4.07. The van der Waals surface area contributed by atoms with Gasteiger partial charge in [0.05, 0.1) is 0 Å². The van der Waals surface area contributed by atoms with Crippen LogP contribution in [0.15, 0.2) is 45.3 Å². The number of terminal acetylenes is 2. The van der Waals surface area contributed by atoms with Gasteiger partial charge < -0.3 is 8.83 Å². The monoisotopic (exact) mass is 262 g/mol. The summed E-state index contributed by atoms with van der Waals surface area (Å²) in [6, 6.07) is 6.45. The zero-order valence-corrected chi connectivity index (χ0v) is 10.5. The molecule has 2 aromatic heterocycles. The van der Waals surface area contributed by atoms with Crippen LogP contribution in [0.5, 0.6) is 0 Å². The molecule has 2 heterocycles. The summed E-state index contributed by atoms with van der Waals surface area (Å²) in [6.07, 6.45) is 16.4. The Hall–Kier alpha value is -3.17. The number of ketones is 1. The van der Waals surface area contributed by atoms with Crippen molar-refractivity contribution in [1.82, 2.24) is 0 Å². The standard InChI is InChI=1S/C17H10O3/c1-3-5-7-13-9-11-15(19-13)17(18)16-12-10-14(20-16)8-6-4-2/h1-2,5-12H. The second kappa shape index (κ2) is 6.13. The molecule has 3 nitrogen and oxygen atoms in total. The van der Waals surface area contributed by atoms with Gasteiger partial charge in [-0.1, -0.05) is 11.8 Å². The molecule has 0 saturated carbocycles. The molecule has 0 aromatic carbocycles. The van der Waals surface area contributed by atoms with Gasteiger partial charge >= 0.3 is 0 Å². The summed E-state index contributed by atoms with van der Waals surface area (Å²) in [5, 5.41) is 0. The number of carbonyl (C=O) groups excluding carboxylic acids is 1. The highest BCUT2D eigenvalue weighted by atomic mass is 16.4. The van der Waals surface area contributed by atoms with Crippen molar-refractivity contribution in [3.8, 4) is 24.7 Å². The third-order valence-corrected chi connectivity index (χ3v) is 2.39. The fourth-order valence-electron chi connectivity index (χ4n) is 1.51. The van der Waals surface area contributed by atoms with Gasteiger partial charge in [-0.2, -0.15) is 0 Å². The van der Waals surface area contributed by atoms with Crippen LogP contribution in [0.1, 0.15) is 27.8 Å². The van der Waals surface area contributed by atoms with Crippen LogP contribution >= 0.6 is 0 Å². The maximum Gasteiger partial charge on any atom is 0.263 e. The topological polar surface area (TPSA) is 43.4 Å². The second-order valence-electron chi connectivity index (χ2n) is 3.73. The van der Waals surface area contributed by atoms with Gasteiger partial charge in [0.2, 0.25) is 0 Å². The Labute approximate surface area is 116 Å². The smallest absolute Gasteiger partial charge is 0.263 e. The number of furan rings is 2. The Morgan fingerprint density at radius 1 is 0.900 bits per heavy atom. The van der Waals surface area contributed by atoms with E-state index >= 15 is 0 Å². The van der Waals surface area contributed by atoms with Crippen LogP contribution in [0.25, 0.3) is 12.2 Å². The van der Waals surface area contributed by atoms with E-state index in [-0.39, 0.29) is 17.3 Å². The van der Waals surface area contributed by atoms with Crippen molar-refractivity contribution in [3.63, 3.8) is 0 Å². The Bertz CT molecular complexity index is 690. The van der Waals surface area contributed by atoms with Crippen LogP contribution in [0, 0.1) is 24.7 Å². The molecule has 96 valence electrons. The minimum atomic E-state index is -0.342. The van der Waals surface area contributed by atoms with Crippen LogP contribution in [0.3, 0.4) is 0 Å². The van der Waals surface area contributed by atoms with Crippen LogP contribution < -0.4 is 0 Å². The van der Waals surface area contributed by atoms with E-state index in [0.717, 1.165) is 0 Å². The molecular formula is C17H10O3. The SMILES string of the molecule is C#CC=Cc1ccc(C(=O)c2ccc(C=CC#C)o2)o1. The van der Waals surface area contributed by atoms with Crippen molar-refractivity contribution >= 4 is 17.9 Å². The summed E-state index contributed by atoms with van der Waals surface area (Å²) in [7, 11) is 0. The average Bonchev–Trinajstić information content (AvgIpc) is 3.11. The molecule has 2 rings (SSSR count). The van der Waals surface area contributed by atoms with Crippen LogP contribution in [0.4, 0.5) is 0 Å². The lowest BCUT2D eigenvalue weighted by atomic mass is 10.2. The van der Waals surface area contributed by atoms with E-state index in [1.807, 2.05) is 0 Å². The first-order chi connectivity index (χ1) is 9.74. The molecule has 0 aliphatic carbocycles. The highest BCUT2D eigenvalue weighted by molar-refractivity contribution is 6.05. The van der Waals surface area contributed by atoms with Gasteiger partial charge in [0.1, 0.15) is 11.5 Å². The zero-order valence-electron chi connectivity index (χ0n) is 10.5. The van der Waals surface area contributed by atoms with Gasteiger partial charge in [-0.25, -0.2) is 0 Å². The van der Waals surface area contributed by atoms with E-state index in [4.69, 9.17) is 21.7 Å². The van der Waals surface area contributed by atoms with Crippen molar-refractivity contribution in [2.24, 2.45) is 0 Å². The Balaban J connectivity index is 2.19. The largest absolute Gasteiger partial charge is 0.453 e. The summed E-state index contributed by atoms with van der Waals surface area (Å²) in [5.41, 5.74) is 0. The zero-order chi connectivity index (χ0) is 14.4. The summed E-state index contributed by atoms with van der Waals surface area (Å²) in [4.78, 5) is 12.1. The lowest BCUT2D eigenvalue weighted by Crippen LogP contribution is -1.96. The van der Waals surface area contributed by atoms with E-state index in [1.54, 1.807) is 36.4 Å². The second-order valence-corrected chi connectivity index (χ2v) is 3.73. The van der Waals surface area contributed by atoms with Crippen molar-refractivity contribution in [1.29, 1.82) is 0 Å². The molecule has 0 fully saturated rings. The van der Waals surface area contributed by atoms with Gasteiger partial charge in [-0.3, -0.25) is 4.79 Å². The third kappa shape index (κ3) is 2.98. The first-order valence-electron chi connectivity index (χ1n) is 5.74. The molecule has 0 unspecified atom stereocenters. The lowest BCUT2D eigenvalue weighted by molar-refractivity contribution is 0.0982. The number of hydrogen-bond acceptors (Lipinski definition) is 3. The minimum Gasteiger partial charge on any atom is -0.453 e. The summed E-state index contributed by atoms with van der Waals surface area (Å²) >= 11 is 0. The molecular weight excluding hydrogens is 252 g/mol. The Morgan fingerprint density at radius 2 is 1.35 bits per heavy atom. The predicted molar refractivity (Wildman–Crippen MR) is 76.6 cm³/mol. The molecule has 0 aliphatic heterocycles. The van der Waals surface area contributed by atoms with Gasteiger partial charge in [0.15, 0.2) is 11.5 Å². The minimum absolute atomic E-state index is 0.184. The molecule has 0 bridgehead atoms. The maximum atomic E-state index is 12.1. The molecule has 0 aliphatic rings. The van der Waals surface area contributed by atoms with Gasteiger partial charge in [0.25, 0.3) is 5.78 Å². The van der Waals surface area contributed by atoms with E-state index in [2.05, 4.69) is 11.8 Å². The number of allylic oxidation sites excluding steroid dienone is 2. The summed E-state index contributed by atoms with van der Waals surface area (Å²) < 4.78 is 10.7. The van der Waals surface area contributed by atoms with Gasteiger partial charge in [-0.15, -0.1) is 12.8 Å². The molecule has 0 N–H and O–H groups in total. The van der Waals surface area contributed by atoms with E-state index in [0.29, 0.717) is 11.5 Å². The lowest BCUT2D eigenvalue weighted by Gasteiger charge is -1.92. The fourth-order valence-corrected chi connectivity index (χ4v) is 1.51. The normalized spacial score (nSPS) is 10.7. The quantitative estimate of drug-likeness (QED) is 0.626. The molecule has 0 amide bonds. The van der Waals surface area contributed by atoms with Crippen molar-refractivity contribution in [3.05, 3.63) is 59.5 Å². The number of rotatable bonds is 4. The maximum absolute atomic E-state index is 12.1. The van der Waals surface area contributed by atoms with Crippen LogP contribution in [0.2, 0.25) is 0 Å². The first-order valence-corrected chi connectivity index (χ1v) is 5.74. The molecule has 2 aromatic rings. The highest BCUT2D eigenvalue weighted by Crippen LogP contribution is 2.17. The van der Waals surface area contributed by atoms with Crippen LogP contribution in [-0.2, 0) is 0 Å². The molecule has 0 radical (unpaired) electrons. The first kappa shape index (κ1) is 13.3. The van der Waals surface area contributed by atoms with Crippen molar-refractivity contribution in [2.45, 2.75) is 0 Å². The number of carbonyl (C=O) groups is 1. The van der Waals surface area contributed by atoms with Crippen LogP contribution in [-0.4, -0.2) is 5.78 Å². The van der Waals surface area contributed by atoms with Crippen molar-refractivity contribution in [2.75, 3.05) is 0 Å². The average molecular weight is 262 g/mol. The van der Waals surface area contributed by atoms with Crippen molar-refractivity contribution < 1.29 is 13.6 Å². The number of hydrogen-bond donors (Lipinski definition) is 0. The highest BCUT2D eigenvalue weighted by Gasteiger charge is 2.16. The molecule has 0 atom stereocenters. The predicted octanol–water partition coefficient (Wildman–Crippen LogP) is 3.40. The van der Waals surface area contributed by atoms with Gasteiger partial charge in [-0.05, 0) is 48.6 Å². The summed E-state index contributed by atoms with van der Waals surface area (Å²) in [5.74, 6) is 5.72. The van der Waals surface area contributed by atoms with E-state index in [9.17, 15) is 4.79 Å². The molecule has 0 spiro atoms. The molecule has 0 saturated heterocycles. The Morgan fingerprint density at radius 3 is 1.75 bits per heavy atom. The molecule has 20 heavy (non-hydrogen) atoms. The third-order valence-electron chi connectivity index (χ3n) is 2.39. The summed E-state index contributed by atoms with van der Waals surface area (Å²) in [6.45, 7) is 0. The van der Waals surface area contributed by atoms with E-state index in [1.165, 1.54) is 12.2 Å². The fraction of sp³-hybridized carbons (Fsp3) is 0. The van der Waals surface area contributed by atoms with E-state index < -0.39 is 0 Å². The molecule has 3 heteroatoms.